The predicted octanol–water partition coefficient (Wildman–Crippen LogP) is 6.48. The smallest absolute Gasteiger partial charge is 0.306 e. The molecule has 0 spiro atoms. The molecule has 5 heteroatoms. The summed E-state index contributed by atoms with van der Waals surface area (Å²) in [7, 11) is 0. The Morgan fingerprint density at radius 3 is 2.79 bits per heavy atom. The zero-order chi connectivity index (χ0) is 19.7. The number of esters is 1. The summed E-state index contributed by atoms with van der Waals surface area (Å²) in [5.74, 6) is 0.0890. The summed E-state index contributed by atoms with van der Waals surface area (Å²) in [5.41, 5.74) is 5.10. The highest BCUT2D eigenvalue weighted by atomic mass is 79.9. The standard InChI is InChI=1S/C23H23BrClNO2/c1-2-28-22(27)12-16-4-3-5-19-20-13-17(24)8-11-21(20)26(23(16)19)14-15-6-9-18(25)10-7-15/h6-11,13,16H,2-5,12,14H2,1H3. The van der Waals surface area contributed by atoms with Crippen LogP contribution in [0.3, 0.4) is 0 Å². The molecule has 0 bridgehead atoms. The minimum absolute atomic E-state index is 0.107. The lowest BCUT2D eigenvalue weighted by molar-refractivity contribution is -0.143. The molecule has 0 radical (unpaired) electrons. The lowest BCUT2D eigenvalue weighted by Crippen LogP contribution is -2.19. The number of nitrogens with zero attached hydrogens (tertiary/aromatic N) is 1. The SMILES string of the molecule is CCOC(=O)CC1CCCc2c1n(Cc1ccc(Cl)cc1)c1ccc(Br)cc21. The molecule has 3 aromatic rings. The fourth-order valence-electron chi connectivity index (χ4n) is 4.37. The van der Waals surface area contributed by atoms with Crippen LogP contribution in [0.2, 0.25) is 5.02 Å². The fraction of sp³-hybridized carbons (Fsp3) is 0.348. The van der Waals surface area contributed by atoms with Crippen molar-refractivity contribution in [3.05, 3.63) is 68.8 Å². The van der Waals surface area contributed by atoms with Gasteiger partial charge in [-0.2, -0.15) is 0 Å². The van der Waals surface area contributed by atoms with Crippen molar-refractivity contribution in [1.82, 2.24) is 4.57 Å². The van der Waals surface area contributed by atoms with Crippen LogP contribution in [-0.2, 0) is 22.5 Å². The van der Waals surface area contributed by atoms with Gasteiger partial charge in [-0.15, -0.1) is 0 Å². The van der Waals surface area contributed by atoms with Crippen LogP contribution in [0.25, 0.3) is 10.9 Å². The molecule has 3 nitrogen and oxygen atoms in total. The third kappa shape index (κ3) is 3.85. The van der Waals surface area contributed by atoms with Crippen molar-refractivity contribution in [2.75, 3.05) is 6.61 Å². The first-order valence-electron chi connectivity index (χ1n) is 9.77. The lowest BCUT2D eigenvalue weighted by atomic mass is 9.84. The minimum atomic E-state index is -0.107. The van der Waals surface area contributed by atoms with Gasteiger partial charge in [-0.3, -0.25) is 4.79 Å². The first-order valence-corrected chi connectivity index (χ1v) is 10.9. The number of fused-ring (bicyclic) bond motifs is 3. The predicted molar refractivity (Wildman–Crippen MR) is 117 cm³/mol. The van der Waals surface area contributed by atoms with Crippen molar-refractivity contribution >= 4 is 44.4 Å². The van der Waals surface area contributed by atoms with E-state index in [0.717, 1.165) is 35.3 Å². The number of aromatic nitrogens is 1. The van der Waals surface area contributed by atoms with Gasteiger partial charge in [0.25, 0.3) is 0 Å². The second kappa shape index (κ2) is 8.30. The van der Waals surface area contributed by atoms with Gasteiger partial charge in [0.1, 0.15) is 0 Å². The molecule has 28 heavy (non-hydrogen) atoms. The van der Waals surface area contributed by atoms with Gasteiger partial charge in [-0.1, -0.05) is 39.7 Å². The Kier molecular flexibility index (Phi) is 5.79. The number of hydrogen-bond donors (Lipinski definition) is 0. The van der Waals surface area contributed by atoms with Crippen molar-refractivity contribution in [3.8, 4) is 0 Å². The highest BCUT2D eigenvalue weighted by Crippen LogP contribution is 2.41. The van der Waals surface area contributed by atoms with Gasteiger partial charge in [-0.05, 0) is 67.6 Å². The van der Waals surface area contributed by atoms with Crippen LogP contribution < -0.4 is 0 Å². The van der Waals surface area contributed by atoms with E-state index in [1.165, 1.54) is 27.7 Å². The Bertz CT molecular complexity index is 1010. The molecule has 0 amide bonds. The van der Waals surface area contributed by atoms with Gasteiger partial charge in [0, 0.05) is 38.6 Å². The number of ether oxygens (including phenoxy) is 1. The van der Waals surface area contributed by atoms with Gasteiger partial charge in [0.05, 0.1) is 13.0 Å². The molecule has 1 atom stereocenters. The number of halogens is 2. The molecule has 2 aromatic carbocycles. The number of carbonyl (C=O) groups is 1. The molecule has 1 aromatic heterocycles. The number of aryl methyl sites for hydroxylation is 1. The maximum atomic E-state index is 12.2. The van der Waals surface area contributed by atoms with Crippen LogP contribution in [0.1, 0.15) is 48.9 Å². The number of carbonyl (C=O) groups excluding carboxylic acids is 1. The van der Waals surface area contributed by atoms with E-state index in [9.17, 15) is 4.79 Å². The largest absolute Gasteiger partial charge is 0.466 e. The Balaban J connectivity index is 1.82. The molecule has 1 unspecified atom stereocenters. The van der Waals surface area contributed by atoms with Crippen LogP contribution in [0.15, 0.2) is 46.9 Å². The first-order chi connectivity index (χ1) is 13.6. The van der Waals surface area contributed by atoms with Crippen molar-refractivity contribution in [3.63, 3.8) is 0 Å². The summed E-state index contributed by atoms with van der Waals surface area (Å²) in [6.07, 6.45) is 3.61. The highest BCUT2D eigenvalue weighted by molar-refractivity contribution is 9.10. The van der Waals surface area contributed by atoms with E-state index in [1.54, 1.807) is 0 Å². The number of rotatable bonds is 5. The summed E-state index contributed by atoms with van der Waals surface area (Å²) in [4.78, 5) is 12.2. The van der Waals surface area contributed by atoms with Gasteiger partial charge >= 0.3 is 5.97 Å². The normalized spacial score (nSPS) is 16.2. The van der Waals surface area contributed by atoms with E-state index in [-0.39, 0.29) is 11.9 Å². The zero-order valence-corrected chi connectivity index (χ0v) is 18.2. The van der Waals surface area contributed by atoms with E-state index in [0.29, 0.717) is 13.0 Å². The van der Waals surface area contributed by atoms with Gasteiger partial charge in [0.2, 0.25) is 0 Å². The monoisotopic (exact) mass is 459 g/mol. The second-order valence-corrected chi connectivity index (χ2v) is 8.69. The lowest BCUT2D eigenvalue weighted by Gasteiger charge is -2.25. The summed E-state index contributed by atoms with van der Waals surface area (Å²) >= 11 is 9.69. The maximum absolute atomic E-state index is 12.2. The fourth-order valence-corrected chi connectivity index (χ4v) is 4.86. The summed E-state index contributed by atoms with van der Waals surface area (Å²) in [5, 5.41) is 2.03. The maximum Gasteiger partial charge on any atom is 0.306 e. The molecule has 0 N–H and O–H groups in total. The molecule has 0 saturated heterocycles. The Hall–Kier alpha value is -1.78. The molecule has 146 valence electrons. The van der Waals surface area contributed by atoms with E-state index in [4.69, 9.17) is 16.3 Å². The quantitative estimate of drug-likeness (QED) is 0.408. The molecule has 0 aliphatic heterocycles. The highest BCUT2D eigenvalue weighted by Gasteiger charge is 2.29. The van der Waals surface area contributed by atoms with Crippen LogP contribution in [0.5, 0.6) is 0 Å². The van der Waals surface area contributed by atoms with Crippen LogP contribution in [0.4, 0.5) is 0 Å². The third-order valence-corrected chi connectivity index (χ3v) is 6.26. The van der Waals surface area contributed by atoms with E-state index in [2.05, 4.69) is 50.8 Å². The number of benzene rings is 2. The van der Waals surface area contributed by atoms with Gasteiger partial charge < -0.3 is 9.30 Å². The molecule has 1 aliphatic rings. The van der Waals surface area contributed by atoms with Gasteiger partial charge in [0.15, 0.2) is 0 Å². The average molecular weight is 461 g/mol. The Morgan fingerprint density at radius 1 is 1.25 bits per heavy atom. The summed E-state index contributed by atoms with van der Waals surface area (Å²) < 4.78 is 8.73. The van der Waals surface area contributed by atoms with Gasteiger partial charge in [-0.25, -0.2) is 0 Å². The molecule has 4 rings (SSSR count). The van der Waals surface area contributed by atoms with E-state index < -0.39 is 0 Å². The van der Waals surface area contributed by atoms with Crippen molar-refractivity contribution < 1.29 is 9.53 Å². The Morgan fingerprint density at radius 2 is 2.04 bits per heavy atom. The second-order valence-electron chi connectivity index (χ2n) is 7.34. The van der Waals surface area contributed by atoms with E-state index in [1.807, 2.05) is 19.1 Å². The van der Waals surface area contributed by atoms with Crippen molar-refractivity contribution in [2.24, 2.45) is 0 Å². The van der Waals surface area contributed by atoms with Crippen LogP contribution in [0, 0.1) is 0 Å². The summed E-state index contributed by atoms with van der Waals surface area (Å²) in [6, 6.07) is 14.5. The third-order valence-electron chi connectivity index (χ3n) is 5.51. The molecule has 1 aliphatic carbocycles. The minimum Gasteiger partial charge on any atom is -0.466 e. The van der Waals surface area contributed by atoms with E-state index >= 15 is 0 Å². The molecule has 0 saturated carbocycles. The molecular formula is C23H23BrClNO2. The summed E-state index contributed by atoms with van der Waals surface area (Å²) in [6.45, 7) is 3.06. The Labute approximate surface area is 178 Å². The van der Waals surface area contributed by atoms with Crippen LogP contribution in [-0.4, -0.2) is 17.1 Å². The van der Waals surface area contributed by atoms with Crippen LogP contribution >= 0.6 is 27.5 Å². The molecule has 1 heterocycles. The van der Waals surface area contributed by atoms with Crippen molar-refractivity contribution in [1.29, 1.82) is 0 Å². The van der Waals surface area contributed by atoms with Crippen molar-refractivity contribution in [2.45, 2.75) is 45.1 Å². The zero-order valence-electron chi connectivity index (χ0n) is 15.9. The number of hydrogen-bond acceptors (Lipinski definition) is 2. The molecule has 0 fully saturated rings. The first kappa shape index (κ1) is 19.5. The topological polar surface area (TPSA) is 31.2 Å². The average Bonchev–Trinajstić information content (AvgIpc) is 2.98. The molecular weight excluding hydrogens is 438 g/mol.